The molecule has 81 valence electrons. The molecule has 1 rings (SSSR count). The van der Waals surface area contributed by atoms with Crippen LogP contribution in [0.15, 0.2) is 11.6 Å². The zero-order chi connectivity index (χ0) is 7.11. The van der Waals surface area contributed by atoms with Gasteiger partial charge in [0.2, 0.25) is 0 Å². The molecule has 1 N–H and O–H groups in total. The van der Waals surface area contributed by atoms with E-state index < -0.39 is 0 Å². The molecule has 0 amide bonds. The van der Waals surface area contributed by atoms with E-state index in [0.29, 0.717) is 5.13 Å². The van der Waals surface area contributed by atoms with Crippen molar-refractivity contribution in [3.05, 3.63) is 24.7 Å². The van der Waals surface area contributed by atoms with Crippen molar-refractivity contribution in [3.63, 3.8) is 0 Å². The van der Waals surface area contributed by atoms with Crippen LogP contribution in [0.25, 0.3) is 5.73 Å². The maximum Gasteiger partial charge on any atom is 0 e. The van der Waals surface area contributed by atoms with Crippen LogP contribution in [0.1, 0.15) is 20.3 Å². The molecule has 1 aromatic heterocycles. The molecule has 13 heavy (non-hydrogen) atoms. The van der Waals surface area contributed by atoms with E-state index in [9.17, 15) is 0 Å². The zero-order valence-electron chi connectivity index (χ0n) is 7.85. The Bertz CT molecular complexity index is 136. The third-order valence-electron chi connectivity index (χ3n) is 0.432. The third-order valence-corrected chi connectivity index (χ3v) is 1.02. The summed E-state index contributed by atoms with van der Waals surface area (Å²) < 4.78 is 0. The van der Waals surface area contributed by atoms with Crippen LogP contribution < -0.4 is 0 Å². The van der Waals surface area contributed by atoms with Gasteiger partial charge in [-0.25, -0.2) is 0 Å². The Hall–Kier alpha value is 1.42. The van der Waals surface area contributed by atoms with Gasteiger partial charge in [-0.2, -0.15) is 11.3 Å². The van der Waals surface area contributed by atoms with Gasteiger partial charge < -0.3 is 18.1 Å². The van der Waals surface area contributed by atoms with Crippen molar-refractivity contribution < 1.29 is 61.3 Å². The van der Waals surface area contributed by atoms with Gasteiger partial charge in [0.15, 0.2) is 0 Å². The van der Waals surface area contributed by atoms with Gasteiger partial charge in [-0.1, -0.05) is 26.5 Å². The van der Waals surface area contributed by atoms with Gasteiger partial charge in [0.1, 0.15) is 0 Å². The molecule has 6 heteroatoms. The van der Waals surface area contributed by atoms with Crippen molar-refractivity contribution in [2.75, 3.05) is 0 Å². The van der Waals surface area contributed by atoms with Crippen molar-refractivity contribution in [2.24, 2.45) is 0 Å². The standard InChI is InChI=1S/C3H3N2S.C3H8.CH3.3Re/c4-3-5-1-2-6-3;1-3-2;;;;/h1-2H,(H-,4,5);3H2,1-2H3;1H3;;;/q-1;;-1;;;. The maximum atomic E-state index is 6.78. The van der Waals surface area contributed by atoms with Crippen molar-refractivity contribution in [1.82, 2.24) is 4.98 Å². The molecular weight excluding hydrogens is 703 g/mol. The molecule has 0 saturated carbocycles. The van der Waals surface area contributed by atoms with Crippen LogP contribution >= 0.6 is 11.3 Å². The smallest absolute Gasteiger partial charge is 0 e. The quantitative estimate of drug-likeness (QED) is 0.378. The van der Waals surface area contributed by atoms with Crippen LogP contribution in [-0.4, -0.2) is 4.98 Å². The van der Waals surface area contributed by atoms with Crippen LogP contribution in [0, 0.1) is 7.43 Å². The number of thiazole rings is 1. The van der Waals surface area contributed by atoms with Crippen LogP contribution in [0.5, 0.6) is 0 Å². The SMILES string of the molecule is CCC.[CH3-].[NH-]c1nccs1.[Re].[Re].[Re]. The number of hydrogen-bond donors (Lipinski definition) is 0. The van der Waals surface area contributed by atoms with Crippen LogP contribution in [0.3, 0.4) is 0 Å². The van der Waals surface area contributed by atoms with E-state index in [4.69, 9.17) is 5.73 Å². The summed E-state index contributed by atoms with van der Waals surface area (Å²) in [5.41, 5.74) is 6.78. The first-order valence-electron chi connectivity index (χ1n) is 2.92. The third kappa shape index (κ3) is 24.7. The Balaban J connectivity index is -0.0000000282. The van der Waals surface area contributed by atoms with Gasteiger partial charge in [-0.15, -0.1) is 0 Å². The minimum absolute atomic E-state index is 0. The van der Waals surface area contributed by atoms with Gasteiger partial charge in [-0.3, -0.25) is 0 Å². The fraction of sp³-hybridized carbons (Fsp3) is 0.429. The van der Waals surface area contributed by atoms with Gasteiger partial charge in [0.25, 0.3) is 0 Å². The summed E-state index contributed by atoms with van der Waals surface area (Å²) in [4.78, 5) is 3.60. The molecule has 0 unspecified atom stereocenters. The van der Waals surface area contributed by atoms with E-state index in [-0.39, 0.29) is 68.7 Å². The van der Waals surface area contributed by atoms with E-state index in [2.05, 4.69) is 18.8 Å². The summed E-state index contributed by atoms with van der Waals surface area (Å²) in [5.74, 6) is 0. The first-order valence-corrected chi connectivity index (χ1v) is 3.80. The fourth-order valence-corrected chi connectivity index (χ4v) is 0.596. The van der Waals surface area contributed by atoms with Gasteiger partial charge in [0.05, 0.1) is 0 Å². The van der Waals surface area contributed by atoms with Gasteiger partial charge in [-0.05, 0) is 10.5 Å². The summed E-state index contributed by atoms with van der Waals surface area (Å²) in [6.45, 7) is 4.25. The predicted molar refractivity (Wildman–Crippen MR) is 48.5 cm³/mol. The first kappa shape index (κ1) is 29.3. The second-order valence-corrected chi connectivity index (χ2v) is 2.44. The average Bonchev–Trinajstić information content (AvgIpc) is 2.20. The molecule has 3 radical (unpaired) electrons. The molecule has 0 atom stereocenters. The summed E-state index contributed by atoms with van der Waals surface area (Å²) in [6.07, 6.45) is 2.87. The molecule has 0 fully saturated rings. The second-order valence-electron chi connectivity index (χ2n) is 1.54. The Morgan fingerprint density at radius 1 is 1.31 bits per heavy atom. The predicted octanol–water partition coefficient (Wildman–Crippen LogP) is 3.69. The number of rotatable bonds is 0. The van der Waals surface area contributed by atoms with Gasteiger partial charge >= 0.3 is 0 Å². The Kier molecular flexibility index (Phi) is 52.5. The monoisotopic (exact) mass is 719 g/mol. The van der Waals surface area contributed by atoms with E-state index in [0.717, 1.165) is 0 Å². The maximum absolute atomic E-state index is 6.78. The van der Waals surface area contributed by atoms with E-state index in [1.807, 2.05) is 0 Å². The van der Waals surface area contributed by atoms with Crippen molar-refractivity contribution >= 4 is 16.5 Å². The summed E-state index contributed by atoms with van der Waals surface area (Å²) in [7, 11) is 0. The van der Waals surface area contributed by atoms with Gasteiger partial charge in [0, 0.05) is 61.3 Å². The molecule has 1 aromatic rings. The summed E-state index contributed by atoms with van der Waals surface area (Å²) in [6, 6.07) is 0. The van der Waals surface area contributed by atoms with E-state index in [1.165, 1.54) is 17.8 Å². The summed E-state index contributed by atoms with van der Waals surface area (Å²) in [5, 5.41) is 2.16. The molecule has 0 aliphatic carbocycles. The molecule has 2 nitrogen and oxygen atoms in total. The molecule has 1 heterocycles. The number of aromatic nitrogens is 1. The Morgan fingerprint density at radius 2 is 1.69 bits per heavy atom. The molecule has 0 aromatic carbocycles. The number of nitrogens with zero attached hydrogens (tertiary/aromatic N) is 1. The van der Waals surface area contributed by atoms with E-state index in [1.54, 1.807) is 11.6 Å². The fourth-order valence-electron chi connectivity index (χ4n) is 0.223. The molecule has 0 aliphatic heterocycles. The molecule has 0 bridgehead atoms. The van der Waals surface area contributed by atoms with Crippen LogP contribution in [0.2, 0.25) is 0 Å². The van der Waals surface area contributed by atoms with Crippen molar-refractivity contribution in [2.45, 2.75) is 20.3 Å². The van der Waals surface area contributed by atoms with Crippen molar-refractivity contribution in [3.8, 4) is 0 Å². The second kappa shape index (κ2) is 23.3. The number of hydrogen-bond acceptors (Lipinski definition) is 2. The molecular formula is C7H14N2Re3S-2. The largest absolute Gasteiger partial charge is 0.473 e. The topological polar surface area (TPSA) is 36.7 Å². The average molecular weight is 717 g/mol. The molecule has 0 spiro atoms. The van der Waals surface area contributed by atoms with Crippen LogP contribution in [0.4, 0.5) is 5.13 Å². The number of nitrogens with one attached hydrogen (secondary N) is 1. The minimum Gasteiger partial charge on any atom is -0.473 e. The first-order chi connectivity index (χ1) is 4.31. The Morgan fingerprint density at radius 3 is 1.77 bits per heavy atom. The molecule has 0 saturated heterocycles. The zero-order valence-corrected chi connectivity index (χ0v) is 16.8. The van der Waals surface area contributed by atoms with Crippen LogP contribution in [-0.2, 0) is 61.3 Å². The van der Waals surface area contributed by atoms with Crippen molar-refractivity contribution in [1.29, 1.82) is 0 Å². The molecule has 0 aliphatic rings. The van der Waals surface area contributed by atoms with E-state index >= 15 is 0 Å². The normalized spacial score (nSPS) is 5.38. The Labute approximate surface area is 126 Å². The summed E-state index contributed by atoms with van der Waals surface area (Å²) >= 11 is 1.33. The minimum atomic E-state index is 0.